The number of halogens is 3. The molecule has 0 heterocycles. The van der Waals surface area contributed by atoms with Gasteiger partial charge < -0.3 is 10.1 Å². The van der Waals surface area contributed by atoms with Gasteiger partial charge in [-0.1, -0.05) is 30.3 Å². The Morgan fingerprint density at radius 1 is 1.00 bits per heavy atom. The lowest BCUT2D eigenvalue weighted by Crippen LogP contribution is -2.32. The highest BCUT2D eigenvalue weighted by molar-refractivity contribution is 7.92. The molecule has 0 fully saturated rings. The van der Waals surface area contributed by atoms with Crippen LogP contribution >= 0.6 is 0 Å². The first-order valence-corrected chi connectivity index (χ1v) is 11.1. The summed E-state index contributed by atoms with van der Waals surface area (Å²) in [7, 11) is -4.06. The Labute approximate surface area is 183 Å². The first-order chi connectivity index (χ1) is 15.2. The quantitative estimate of drug-likeness (QED) is 0.486. The van der Waals surface area contributed by atoms with E-state index < -0.39 is 33.4 Å². The summed E-state index contributed by atoms with van der Waals surface area (Å²) in [5.74, 6) is -1.46. The van der Waals surface area contributed by atoms with Crippen LogP contribution in [0.5, 0.6) is 5.75 Å². The van der Waals surface area contributed by atoms with Crippen molar-refractivity contribution in [3.63, 3.8) is 0 Å². The molecule has 0 spiro atoms. The van der Waals surface area contributed by atoms with Gasteiger partial charge in [0, 0.05) is 17.7 Å². The van der Waals surface area contributed by atoms with E-state index in [4.69, 9.17) is 0 Å². The fraction of sp³-hybridized carbons (Fsp3) is 0.174. The standard InChI is InChI=1S/C23H20F3NO4S/c1-15(32(29,30)20-10-7-18(24)8-11-20)22(28)27-19-9-12-21(31-23(25)26)17(14-19)13-16-5-3-2-4-6-16/h2-12,14-15,23H,13H2,1H3,(H,27,28). The Morgan fingerprint density at radius 2 is 1.66 bits per heavy atom. The number of nitrogens with one attached hydrogen (secondary N) is 1. The molecule has 0 aliphatic rings. The van der Waals surface area contributed by atoms with Crippen LogP contribution in [-0.4, -0.2) is 26.2 Å². The molecule has 0 aromatic heterocycles. The third-order valence-corrected chi connectivity index (χ3v) is 6.83. The minimum atomic E-state index is -4.06. The van der Waals surface area contributed by atoms with Crippen molar-refractivity contribution in [1.82, 2.24) is 0 Å². The van der Waals surface area contributed by atoms with Crippen molar-refractivity contribution in [3.05, 3.63) is 89.7 Å². The molecule has 0 radical (unpaired) electrons. The molecule has 32 heavy (non-hydrogen) atoms. The monoisotopic (exact) mass is 463 g/mol. The number of hydrogen-bond donors (Lipinski definition) is 1. The summed E-state index contributed by atoms with van der Waals surface area (Å²) in [4.78, 5) is 12.4. The zero-order chi connectivity index (χ0) is 23.3. The topological polar surface area (TPSA) is 72.5 Å². The molecular weight excluding hydrogens is 443 g/mol. The van der Waals surface area contributed by atoms with Crippen molar-refractivity contribution in [2.24, 2.45) is 0 Å². The van der Waals surface area contributed by atoms with Gasteiger partial charge in [0.15, 0.2) is 9.84 Å². The highest BCUT2D eigenvalue weighted by atomic mass is 32.2. The van der Waals surface area contributed by atoms with Crippen molar-refractivity contribution in [1.29, 1.82) is 0 Å². The van der Waals surface area contributed by atoms with Crippen molar-refractivity contribution < 1.29 is 31.1 Å². The van der Waals surface area contributed by atoms with Crippen LogP contribution < -0.4 is 10.1 Å². The van der Waals surface area contributed by atoms with E-state index in [2.05, 4.69) is 10.1 Å². The largest absolute Gasteiger partial charge is 0.435 e. The molecule has 1 unspecified atom stereocenters. The van der Waals surface area contributed by atoms with Crippen molar-refractivity contribution >= 4 is 21.4 Å². The molecule has 1 atom stereocenters. The van der Waals surface area contributed by atoms with Crippen LogP contribution in [0.1, 0.15) is 18.1 Å². The van der Waals surface area contributed by atoms with Crippen molar-refractivity contribution in [2.75, 3.05) is 5.32 Å². The third kappa shape index (κ3) is 5.67. The maximum Gasteiger partial charge on any atom is 0.387 e. The fourth-order valence-corrected chi connectivity index (χ4v) is 4.30. The molecule has 3 rings (SSSR count). The van der Waals surface area contributed by atoms with E-state index in [1.807, 2.05) is 18.2 Å². The van der Waals surface area contributed by atoms with E-state index in [1.165, 1.54) is 25.1 Å². The normalized spacial score (nSPS) is 12.4. The van der Waals surface area contributed by atoms with Gasteiger partial charge in [0.2, 0.25) is 5.91 Å². The van der Waals surface area contributed by atoms with Crippen LogP contribution in [0.2, 0.25) is 0 Å². The SMILES string of the molecule is CC(C(=O)Nc1ccc(OC(F)F)c(Cc2ccccc2)c1)S(=O)(=O)c1ccc(F)cc1. The third-order valence-electron chi connectivity index (χ3n) is 4.76. The molecule has 1 N–H and O–H groups in total. The first kappa shape index (κ1) is 23.3. The lowest BCUT2D eigenvalue weighted by Gasteiger charge is -2.16. The number of carbonyl (C=O) groups is 1. The maximum absolute atomic E-state index is 13.1. The van der Waals surface area contributed by atoms with Crippen LogP contribution in [0, 0.1) is 5.82 Å². The van der Waals surface area contributed by atoms with Crippen LogP contribution in [0.3, 0.4) is 0 Å². The van der Waals surface area contributed by atoms with Gasteiger partial charge in [-0.15, -0.1) is 0 Å². The Morgan fingerprint density at radius 3 is 2.28 bits per heavy atom. The van der Waals surface area contributed by atoms with Crippen LogP contribution in [0.25, 0.3) is 0 Å². The average molecular weight is 463 g/mol. The summed E-state index contributed by atoms with van der Waals surface area (Å²) < 4.78 is 68.6. The van der Waals surface area contributed by atoms with E-state index in [0.717, 1.165) is 29.8 Å². The summed E-state index contributed by atoms with van der Waals surface area (Å²) in [6.45, 7) is -1.81. The Balaban J connectivity index is 1.83. The van der Waals surface area contributed by atoms with Crippen molar-refractivity contribution in [3.8, 4) is 5.75 Å². The van der Waals surface area contributed by atoms with Crippen LogP contribution in [-0.2, 0) is 21.1 Å². The zero-order valence-corrected chi connectivity index (χ0v) is 17.8. The average Bonchev–Trinajstić information content (AvgIpc) is 2.75. The van der Waals surface area contributed by atoms with E-state index in [0.29, 0.717) is 5.56 Å². The highest BCUT2D eigenvalue weighted by Gasteiger charge is 2.30. The Kier molecular flexibility index (Phi) is 7.19. The summed E-state index contributed by atoms with van der Waals surface area (Å²) >= 11 is 0. The number of alkyl halides is 2. The van der Waals surface area contributed by atoms with Gasteiger partial charge in [-0.2, -0.15) is 8.78 Å². The van der Waals surface area contributed by atoms with Gasteiger partial charge in [-0.3, -0.25) is 4.79 Å². The molecule has 0 aliphatic heterocycles. The maximum atomic E-state index is 13.1. The minimum Gasteiger partial charge on any atom is -0.435 e. The molecular formula is C23H20F3NO4S. The second-order valence-electron chi connectivity index (χ2n) is 6.99. The number of hydrogen-bond acceptors (Lipinski definition) is 4. The molecule has 9 heteroatoms. The first-order valence-electron chi connectivity index (χ1n) is 9.59. The predicted molar refractivity (Wildman–Crippen MR) is 114 cm³/mol. The second kappa shape index (κ2) is 9.86. The summed E-state index contributed by atoms with van der Waals surface area (Å²) in [6, 6.07) is 17.3. The van der Waals surface area contributed by atoms with E-state index >= 15 is 0 Å². The van der Waals surface area contributed by atoms with Crippen LogP contribution in [0.15, 0.2) is 77.7 Å². The minimum absolute atomic E-state index is 0.0474. The van der Waals surface area contributed by atoms with Gasteiger partial charge in [-0.25, -0.2) is 12.8 Å². The van der Waals surface area contributed by atoms with Crippen molar-refractivity contribution in [2.45, 2.75) is 30.1 Å². The highest BCUT2D eigenvalue weighted by Crippen LogP contribution is 2.27. The lowest BCUT2D eigenvalue weighted by molar-refractivity contribution is -0.115. The lowest BCUT2D eigenvalue weighted by atomic mass is 10.0. The molecule has 0 bridgehead atoms. The number of rotatable bonds is 8. The number of anilines is 1. The number of ether oxygens (including phenoxy) is 1. The zero-order valence-electron chi connectivity index (χ0n) is 17.0. The molecule has 3 aromatic rings. The smallest absolute Gasteiger partial charge is 0.387 e. The van der Waals surface area contributed by atoms with Crippen LogP contribution in [0.4, 0.5) is 18.9 Å². The van der Waals surface area contributed by atoms with Gasteiger partial charge in [0.25, 0.3) is 0 Å². The van der Waals surface area contributed by atoms with Gasteiger partial charge in [0.1, 0.15) is 16.8 Å². The molecule has 3 aromatic carbocycles. The van der Waals surface area contributed by atoms with E-state index in [-0.39, 0.29) is 22.8 Å². The number of benzene rings is 3. The van der Waals surface area contributed by atoms with Gasteiger partial charge in [-0.05, 0) is 55.0 Å². The molecule has 0 saturated carbocycles. The summed E-state index contributed by atoms with van der Waals surface area (Å²) in [6.07, 6.45) is 0.260. The Bertz CT molecular complexity index is 1180. The molecule has 5 nitrogen and oxygen atoms in total. The fourth-order valence-electron chi connectivity index (χ4n) is 3.04. The molecule has 1 amide bonds. The van der Waals surface area contributed by atoms with Gasteiger partial charge >= 0.3 is 6.61 Å². The number of sulfone groups is 1. The number of carbonyl (C=O) groups excluding carboxylic acids is 1. The summed E-state index contributed by atoms with van der Waals surface area (Å²) in [5, 5.41) is 1.03. The molecule has 0 aliphatic carbocycles. The van der Waals surface area contributed by atoms with E-state index in [1.54, 1.807) is 12.1 Å². The van der Waals surface area contributed by atoms with Gasteiger partial charge in [0.05, 0.1) is 4.90 Å². The molecule has 0 saturated heterocycles. The Hall–Kier alpha value is -3.33. The molecule has 168 valence electrons. The number of amides is 1. The second-order valence-corrected chi connectivity index (χ2v) is 9.26. The summed E-state index contributed by atoms with van der Waals surface area (Å²) in [5.41, 5.74) is 1.45. The predicted octanol–water partition coefficient (Wildman–Crippen LogP) is 4.82. The van der Waals surface area contributed by atoms with E-state index in [9.17, 15) is 26.4 Å².